The van der Waals surface area contributed by atoms with Crippen LogP contribution in [0.2, 0.25) is 0 Å². The standard InChI is InChI=1S/C21H24N4O3S/c1-13-6-8-16(10-14(13)2)22-19(26)12-29-21-24-23-20(25(21)3)15-7-9-17(27-4)18(11-15)28-5/h6-11H,12H2,1-5H3,(H,22,26). The van der Waals surface area contributed by atoms with Gasteiger partial charge in [0.15, 0.2) is 22.5 Å². The van der Waals surface area contributed by atoms with E-state index in [0.717, 1.165) is 16.8 Å². The number of methoxy groups -OCH3 is 2. The minimum Gasteiger partial charge on any atom is -0.493 e. The van der Waals surface area contributed by atoms with Crippen LogP contribution in [-0.2, 0) is 11.8 Å². The molecular formula is C21H24N4O3S. The van der Waals surface area contributed by atoms with Crippen molar-refractivity contribution in [2.24, 2.45) is 7.05 Å². The molecule has 152 valence electrons. The smallest absolute Gasteiger partial charge is 0.234 e. The van der Waals surface area contributed by atoms with E-state index in [9.17, 15) is 4.79 Å². The Hall–Kier alpha value is -3.00. The summed E-state index contributed by atoms with van der Waals surface area (Å²) in [6.45, 7) is 4.07. The summed E-state index contributed by atoms with van der Waals surface area (Å²) in [5.41, 5.74) is 3.98. The number of thioether (sulfide) groups is 1. The van der Waals surface area contributed by atoms with Gasteiger partial charge in [0, 0.05) is 18.3 Å². The van der Waals surface area contributed by atoms with E-state index in [1.165, 1.54) is 17.3 Å². The number of rotatable bonds is 7. The van der Waals surface area contributed by atoms with Gasteiger partial charge in [-0.05, 0) is 55.3 Å². The molecule has 7 nitrogen and oxygen atoms in total. The zero-order valence-electron chi connectivity index (χ0n) is 17.1. The molecule has 0 atom stereocenters. The quantitative estimate of drug-likeness (QED) is 0.594. The van der Waals surface area contributed by atoms with Gasteiger partial charge < -0.3 is 19.4 Å². The molecule has 0 bridgehead atoms. The fraction of sp³-hybridized carbons (Fsp3) is 0.286. The maximum absolute atomic E-state index is 12.3. The lowest BCUT2D eigenvalue weighted by Gasteiger charge is -2.10. The highest BCUT2D eigenvalue weighted by Gasteiger charge is 2.15. The van der Waals surface area contributed by atoms with Crippen LogP contribution in [0.5, 0.6) is 11.5 Å². The number of nitrogens with zero attached hydrogens (tertiary/aromatic N) is 3. The number of benzene rings is 2. The third kappa shape index (κ3) is 4.71. The van der Waals surface area contributed by atoms with Gasteiger partial charge in [-0.2, -0.15) is 0 Å². The van der Waals surface area contributed by atoms with Crippen molar-refractivity contribution in [3.05, 3.63) is 47.5 Å². The monoisotopic (exact) mass is 412 g/mol. The molecule has 29 heavy (non-hydrogen) atoms. The Morgan fingerprint density at radius 2 is 1.79 bits per heavy atom. The number of carbonyl (C=O) groups is 1. The van der Waals surface area contributed by atoms with E-state index in [1.54, 1.807) is 14.2 Å². The average molecular weight is 413 g/mol. The molecule has 0 unspecified atom stereocenters. The first-order valence-electron chi connectivity index (χ1n) is 9.04. The highest BCUT2D eigenvalue weighted by atomic mass is 32.2. The molecule has 0 aliphatic carbocycles. The first-order chi connectivity index (χ1) is 13.9. The van der Waals surface area contributed by atoms with E-state index in [0.29, 0.717) is 22.5 Å². The van der Waals surface area contributed by atoms with Gasteiger partial charge in [0.05, 0.1) is 20.0 Å². The van der Waals surface area contributed by atoms with Gasteiger partial charge in [-0.15, -0.1) is 10.2 Å². The largest absolute Gasteiger partial charge is 0.493 e. The maximum atomic E-state index is 12.3. The zero-order chi connectivity index (χ0) is 21.0. The van der Waals surface area contributed by atoms with Crippen LogP contribution in [0.15, 0.2) is 41.6 Å². The van der Waals surface area contributed by atoms with Gasteiger partial charge in [0.25, 0.3) is 0 Å². The van der Waals surface area contributed by atoms with Crippen molar-refractivity contribution >= 4 is 23.4 Å². The van der Waals surface area contributed by atoms with Crippen LogP contribution in [0.4, 0.5) is 5.69 Å². The molecule has 1 heterocycles. The van der Waals surface area contributed by atoms with E-state index in [4.69, 9.17) is 9.47 Å². The van der Waals surface area contributed by atoms with Crippen molar-refractivity contribution in [1.29, 1.82) is 0 Å². The second-order valence-electron chi connectivity index (χ2n) is 6.57. The van der Waals surface area contributed by atoms with Crippen LogP contribution >= 0.6 is 11.8 Å². The van der Waals surface area contributed by atoms with Crippen molar-refractivity contribution in [3.8, 4) is 22.9 Å². The maximum Gasteiger partial charge on any atom is 0.234 e. The fourth-order valence-electron chi connectivity index (χ4n) is 2.81. The first kappa shape index (κ1) is 20.7. The number of nitrogens with one attached hydrogen (secondary N) is 1. The number of hydrogen-bond donors (Lipinski definition) is 1. The predicted octanol–water partition coefficient (Wildman–Crippen LogP) is 3.85. The molecule has 0 aliphatic heterocycles. The molecule has 3 rings (SSSR count). The predicted molar refractivity (Wildman–Crippen MR) is 115 cm³/mol. The van der Waals surface area contributed by atoms with E-state index in [-0.39, 0.29) is 11.7 Å². The molecule has 0 saturated carbocycles. The van der Waals surface area contributed by atoms with Crippen molar-refractivity contribution in [2.75, 3.05) is 25.3 Å². The lowest BCUT2D eigenvalue weighted by Crippen LogP contribution is -2.14. The van der Waals surface area contributed by atoms with Crippen molar-refractivity contribution < 1.29 is 14.3 Å². The van der Waals surface area contributed by atoms with Gasteiger partial charge in [-0.1, -0.05) is 17.8 Å². The number of ether oxygens (including phenoxy) is 2. The number of aromatic nitrogens is 3. The minimum atomic E-state index is -0.0890. The fourth-order valence-corrected chi connectivity index (χ4v) is 3.52. The summed E-state index contributed by atoms with van der Waals surface area (Å²) in [5.74, 6) is 2.10. The molecule has 0 aliphatic rings. The Morgan fingerprint density at radius 3 is 2.48 bits per heavy atom. The molecule has 1 N–H and O–H groups in total. The summed E-state index contributed by atoms with van der Waals surface area (Å²) in [6.07, 6.45) is 0. The molecule has 0 saturated heterocycles. The van der Waals surface area contributed by atoms with Gasteiger partial charge >= 0.3 is 0 Å². The molecule has 1 amide bonds. The zero-order valence-corrected chi connectivity index (χ0v) is 18.0. The summed E-state index contributed by atoms with van der Waals surface area (Å²) in [4.78, 5) is 12.3. The van der Waals surface area contributed by atoms with Crippen LogP contribution in [0.1, 0.15) is 11.1 Å². The molecular weight excluding hydrogens is 388 g/mol. The summed E-state index contributed by atoms with van der Waals surface area (Å²) in [5, 5.41) is 12.1. The van der Waals surface area contributed by atoms with E-state index >= 15 is 0 Å². The second kappa shape index (κ2) is 9.00. The van der Waals surface area contributed by atoms with Gasteiger partial charge in [0.2, 0.25) is 5.91 Å². The Morgan fingerprint density at radius 1 is 1.03 bits per heavy atom. The first-order valence-corrected chi connectivity index (χ1v) is 10.0. The summed E-state index contributed by atoms with van der Waals surface area (Å²) in [6, 6.07) is 11.4. The Labute approximate surface area is 174 Å². The van der Waals surface area contributed by atoms with Crippen molar-refractivity contribution in [1.82, 2.24) is 14.8 Å². The normalized spacial score (nSPS) is 10.7. The van der Waals surface area contributed by atoms with Crippen molar-refractivity contribution in [2.45, 2.75) is 19.0 Å². The Balaban J connectivity index is 1.68. The molecule has 0 radical (unpaired) electrons. The lowest BCUT2D eigenvalue weighted by atomic mass is 10.1. The van der Waals surface area contributed by atoms with Crippen molar-refractivity contribution in [3.63, 3.8) is 0 Å². The highest BCUT2D eigenvalue weighted by Crippen LogP contribution is 2.32. The molecule has 8 heteroatoms. The Kier molecular flexibility index (Phi) is 6.43. The molecule has 3 aromatic rings. The SMILES string of the molecule is COc1ccc(-c2nnc(SCC(=O)Nc3ccc(C)c(C)c3)n2C)cc1OC. The summed E-state index contributed by atoms with van der Waals surface area (Å²) < 4.78 is 12.5. The van der Waals surface area contributed by atoms with Gasteiger partial charge in [-0.3, -0.25) is 4.79 Å². The number of anilines is 1. The highest BCUT2D eigenvalue weighted by molar-refractivity contribution is 7.99. The molecule has 0 fully saturated rings. The topological polar surface area (TPSA) is 78.3 Å². The lowest BCUT2D eigenvalue weighted by molar-refractivity contribution is -0.113. The number of amides is 1. The van der Waals surface area contributed by atoms with E-state index < -0.39 is 0 Å². The minimum absolute atomic E-state index is 0.0890. The van der Waals surface area contributed by atoms with Crippen LogP contribution in [-0.4, -0.2) is 40.6 Å². The van der Waals surface area contributed by atoms with Gasteiger partial charge in [0.1, 0.15) is 0 Å². The summed E-state index contributed by atoms with van der Waals surface area (Å²) >= 11 is 1.34. The summed E-state index contributed by atoms with van der Waals surface area (Å²) in [7, 11) is 5.06. The number of aryl methyl sites for hydroxylation is 2. The van der Waals surface area contributed by atoms with E-state index in [2.05, 4.69) is 15.5 Å². The third-order valence-corrected chi connectivity index (χ3v) is 5.62. The molecule has 1 aromatic heterocycles. The van der Waals surface area contributed by atoms with Crippen LogP contribution in [0.3, 0.4) is 0 Å². The van der Waals surface area contributed by atoms with Crippen LogP contribution in [0, 0.1) is 13.8 Å². The number of carbonyl (C=O) groups excluding carboxylic acids is 1. The Bertz CT molecular complexity index is 1030. The van der Waals surface area contributed by atoms with E-state index in [1.807, 2.05) is 61.9 Å². The van der Waals surface area contributed by atoms with Crippen LogP contribution in [0.25, 0.3) is 11.4 Å². The number of hydrogen-bond acceptors (Lipinski definition) is 6. The molecule has 2 aromatic carbocycles. The third-order valence-electron chi connectivity index (χ3n) is 4.60. The second-order valence-corrected chi connectivity index (χ2v) is 7.51. The van der Waals surface area contributed by atoms with Gasteiger partial charge in [-0.25, -0.2) is 0 Å². The molecule has 0 spiro atoms. The average Bonchev–Trinajstić information content (AvgIpc) is 3.09. The van der Waals surface area contributed by atoms with Crippen LogP contribution < -0.4 is 14.8 Å².